The monoisotopic (exact) mass is 518 g/mol. The third-order valence-corrected chi connectivity index (χ3v) is 6.06. The molecule has 0 aliphatic heterocycles. The predicted molar refractivity (Wildman–Crippen MR) is 129 cm³/mol. The van der Waals surface area contributed by atoms with Crippen LogP contribution in [0.4, 0.5) is 32.0 Å². The highest BCUT2D eigenvalue weighted by atomic mass is 19.4. The maximum atomic E-state index is 14.6. The summed E-state index contributed by atoms with van der Waals surface area (Å²) < 4.78 is 98.2. The molecule has 192 valence electrons. The van der Waals surface area contributed by atoms with E-state index in [9.17, 15) is 26.3 Å². The smallest absolute Gasteiger partial charge is 0.411 e. The summed E-state index contributed by atoms with van der Waals surface area (Å²) in [6.45, 7) is 8.88. The van der Waals surface area contributed by atoms with Crippen LogP contribution in [0.1, 0.15) is 23.6 Å². The number of aromatic nitrogens is 1. The summed E-state index contributed by atoms with van der Waals surface area (Å²) in [4.78, 5) is 7.73. The molecule has 0 amide bonds. The minimum Gasteiger partial charge on any atom is -0.494 e. The molecule has 3 aromatic carbocycles. The number of hydrogen-bond acceptors (Lipinski definition) is 4. The summed E-state index contributed by atoms with van der Waals surface area (Å²) in [5.41, 5.74) is -4.92. The van der Waals surface area contributed by atoms with E-state index in [1.165, 1.54) is 7.11 Å². The van der Waals surface area contributed by atoms with Gasteiger partial charge in [0, 0.05) is 5.56 Å². The molecule has 0 bridgehead atoms. The van der Waals surface area contributed by atoms with Crippen molar-refractivity contribution in [2.45, 2.75) is 24.7 Å². The molecule has 0 saturated carbocycles. The Morgan fingerprint density at radius 1 is 0.919 bits per heavy atom. The zero-order valence-corrected chi connectivity index (χ0v) is 19.7. The topological polar surface area (TPSA) is 47.6 Å². The highest BCUT2D eigenvalue weighted by molar-refractivity contribution is 5.79. The minimum absolute atomic E-state index is 0.0226. The summed E-state index contributed by atoms with van der Waals surface area (Å²) in [6.07, 6.45) is -11.6. The van der Waals surface area contributed by atoms with Crippen LogP contribution in [-0.4, -0.2) is 31.2 Å². The van der Waals surface area contributed by atoms with Gasteiger partial charge in [-0.15, -0.1) is 0 Å². The molecule has 0 radical (unpaired) electrons. The second kappa shape index (κ2) is 9.10. The van der Waals surface area contributed by atoms with Gasteiger partial charge in [0.25, 0.3) is 0 Å². The first-order valence-electron chi connectivity index (χ1n) is 10.8. The van der Waals surface area contributed by atoms with Gasteiger partial charge in [0.05, 0.1) is 7.11 Å². The summed E-state index contributed by atoms with van der Waals surface area (Å²) >= 11 is 0. The van der Waals surface area contributed by atoms with Gasteiger partial charge in [-0.3, -0.25) is 4.99 Å². The Kier molecular flexibility index (Phi) is 6.39. The molecule has 1 aromatic heterocycles. The minimum atomic E-state index is -5.78. The molecule has 0 fully saturated rings. The van der Waals surface area contributed by atoms with Gasteiger partial charge in [0.2, 0.25) is 11.3 Å². The van der Waals surface area contributed by atoms with Crippen molar-refractivity contribution in [1.29, 1.82) is 0 Å². The van der Waals surface area contributed by atoms with Crippen molar-refractivity contribution < 1.29 is 35.5 Å². The highest BCUT2D eigenvalue weighted by Gasteiger charge is 2.72. The van der Waals surface area contributed by atoms with Gasteiger partial charge in [-0.05, 0) is 66.7 Å². The SMILES string of the molecule is C=Nc1cc(C(c2ccc3oc(-c4cccc(C(=C)C)c4)nc3c2)(C(F)(F)F)C(F)(F)F)ccc1OC. The van der Waals surface area contributed by atoms with Crippen molar-refractivity contribution in [3.63, 3.8) is 0 Å². The molecule has 37 heavy (non-hydrogen) atoms. The number of fused-ring (bicyclic) bond motifs is 1. The molecule has 0 atom stereocenters. The zero-order chi connectivity index (χ0) is 27.2. The maximum Gasteiger partial charge on any atom is 0.411 e. The molecule has 4 nitrogen and oxygen atoms in total. The van der Waals surface area contributed by atoms with Crippen molar-refractivity contribution in [1.82, 2.24) is 4.98 Å². The van der Waals surface area contributed by atoms with Crippen LogP contribution in [0.2, 0.25) is 0 Å². The molecular weight excluding hydrogens is 498 g/mol. The van der Waals surface area contributed by atoms with Crippen LogP contribution in [0.15, 0.2) is 76.7 Å². The Morgan fingerprint density at radius 3 is 2.16 bits per heavy atom. The molecule has 4 rings (SSSR count). The fraction of sp³-hybridized carbons (Fsp3) is 0.185. The zero-order valence-electron chi connectivity index (χ0n) is 19.7. The number of ether oxygens (including phenoxy) is 1. The molecule has 0 aliphatic rings. The van der Waals surface area contributed by atoms with Gasteiger partial charge in [0.1, 0.15) is 17.0 Å². The Bertz CT molecular complexity index is 1490. The van der Waals surface area contributed by atoms with Crippen molar-refractivity contribution in [3.8, 4) is 17.2 Å². The van der Waals surface area contributed by atoms with E-state index in [1.54, 1.807) is 31.2 Å². The number of alkyl halides is 6. The quantitative estimate of drug-likeness (QED) is 0.191. The average molecular weight is 518 g/mol. The Hall–Kier alpha value is -4.08. The first-order chi connectivity index (χ1) is 17.3. The van der Waals surface area contributed by atoms with E-state index in [0.29, 0.717) is 11.6 Å². The van der Waals surface area contributed by atoms with Crippen LogP contribution in [0.3, 0.4) is 0 Å². The van der Waals surface area contributed by atoms with Crippen molar-refractivity contribution in [2.75, 3.05) is 7.11 Å². The normalized spacial score (nSPS) is 12.5. The lowest BCUT2D eigenvalue weighted by atomic mass is 9.72. The lowest BCUT2D eigenvalue weighted by Crippen LogP contribution is -2.54. The van der Waals surface area contributed by atoms with Gasteiger partial charge in [0.15, 0.2) is 5.58 Å². The van der Waals surface area contributed by atoms with E-state index in [4.69, 9.17) is 9.15 Å². The summed E-state index contributed by atoms with van der Waals surface area (Å²) in [5, 5.41) is 0. The molecule has 4 aromatic rings. The second-order valence-electron chi connectivity index (χ2n) is 8.35. The van der Waals surface area contributed by atoms with Crippen LogP contribution in [0.5, 0.6) is 5.75 Å². The van der Waals surface area contributed by atoms with Crippen LogP contribution in [-0.2, 0) is 5.41 Å². The average Bonchev–Trinajstić information content (AvgIpc) is 3.26. The first kappa shape index (κ1) is 26.0. The number of oxazole rings is 1. The Balaban J connectivity index is 1.97. The van der Waals surface area contributed by atoms with Crippen LogP contribution < -0.4 is 4.74 Å². The van der Waals surface area contributed by atoms with Crippen LogP contribution in [0, 0.1) is 0 Å². The van der Waals surface area contributed by atoms with E-state index in [0.717, 1.165) is 41.5 Å². The maximum absolute atomic E-state index is 14.6. The number of aliphatic imine (C=N–C) groups is 1. The largest absolute Gasteiger partial charge is 0.494 e. The van der Waals surface area contributed by atoms with E-state index in [-0.39, 0.29) is 28.4 Å². The number of nitrogens with zero attached hydrogens (tertiary/aromatic N) is 2. The summed E-state index contributed by atoms with van der Waals surface area (Å²) in [7, 11) is 1.21. The number of benzene rings is 3. The van der Waals surface area contributed by atoms with Crippen molar-refractivity contribution in [2.24, 2.45) is 4.99 Å². The van der Waals surface area contributed by atoms with Crippen LogP contribution in [0.25, 0.3) is 28.1 Å². The highest BCUT2D eigenvalue weighted by Crippen LogP contribution is 2.57. The van der Waals surface area contributed by atoms with Crippen LogP contribution >= 0.6 is 0 Å². The molecule has 0 N–H and O–H groups in total. The molecule has 0 spiro atoms. The fourth-order valence-electron chi connectivity index (χ4n) is 4.23. The molecule has 0 saturated heterocycles. The van der Waals surface area contributed by atoms with Gasteiger partial charge in [-0.25, -0.2) is 4.98 Å². The van der Waals surface area contributed by atoms with E-state index >= 15 is 0 Å². The van der Waals surface area contributed by atoms with Crippen molar-refractivity contribution >= 4 is 29.1 Å². The van der Waals surface area contributed by atoms with Gasteiger partial charge < -0.3 is 9.15 Å². The number of allylic oxidation sites excluding steroid dienone is 1. The van der Waals surface area contributed by atoms with E-state index in [2.05, 4.69) is 23.3 Å². The van der Waals surface area contributed by atoms with Gasteiger partial charge >= 0.3 is 12.4 Å². The molecule has 0 aliphatic carbocycles. The molecule has 0 unspecified atom stereocenters. The van der Waals surface area contributed by atoms with E-state index in [1.807, 2.05) is 0 Å². The fourth-order valence-corrected chi connectivity index (χ4v) is 4.23. The first-order valence-corrected chi connectivity index (χ1v) is 10.8. The predicted octanol–water partition coefficient (Wildman–Crippen LogP) is 8.28. The Labute approximate surface area is 207 Å². The number of halogens is 6. The lowest BCUT2D eigenvalue weighted by Gasteiger charge is -2.38. The van der Waals surface area contributed by atoms with Gasteiger partial charge in [-0.2, -0.15) is 26.3 Å². The van der Waals surface area contributed by atoms with Gasteiger partial charge in [-0.1, -0.05) is 36.4 Å². The Morgan fingerprint density at radius 2 is 1.57 bits per heavy atom. The lowest BCUT2D eigenvalue weighted by molar-refractivity contribution is -0.288. The second-order valence-corrected chi connectivity index (χ2v) is 8.35. The van der Waals surface area contributed by atoms with Crippen molar-refractivity contribution in [3.05, 3.63) is 83.9 Å². The summed E-state index contributed by atoms with van der Waals surface area (Å²) in [5.74, 6) is 0.0213. The number of methoxy groups -OCH3 is 1. The standard InChI is InChI=1S/C27H20F6N2O2/c1-15(2)16-6-5-7-17(12-16)24-35-21-14-19(9-11-23(21)37-24)25(26(28,29)30,27(31,32)33)18-8-10-22(36-4)20(13-18)34-3/h5-14H,1,3H2,2,4H3. The number of hydrogen-bond donors (Lipinski definition) is 0. The van der Waals surface area contributed by atoms with E-state index < -0.39 is 28.9 Å². The third kappa shape index (κ3) is 4.26. The third-order valence-electron chi connectivity index (χ3n) is 6.06. The molecular formula is C27H20F6N2O2. The number of rotatable bonds is 6. The molecule has 1 heterocycles. The molecule has 10 heteroatoms. The summed E-state index contributed by atoms with van der Waals surface area (Å²) in [6, 6.07) is 11.8.